The highest BCUT2D eigenvalue weighted by molar-refractivity contribution is 5.96. The van der Waals surface area contributed by atoms with E-state index in [1.807, 2.05) is 0 Å². The van der Waals surface area contributed by atoms with Gasteiger partial charge < -0.3 is 14.0 Å². The molecule has 0 N–H and O–H groups in total. The molecule has 4 rings (SSSR count). The lowest BCUT2D eigenvalue weighted by Gasteiger charge is -2.15. The lowest BCUT2D eigenvalue weighted by atomic mass is 10.1. The first kappa shape index (κ1) is 20.3. The largest absolute Gasteiger partial charge is 0.485 e. The van der Waals surface area contributed by atoms with Crippen molar-refractivity contribution in [2.24, 2.45) is 0 Å². The van der Waals surface area contributed by atoms with Crippen molar-refractivity contribution >= 4 is 16.9 Å². The van der Waals surface area contributed by atoms with Crippen LogP contribution in [0.5, 0.6) is 5.75 Å². The number of halogens is 2. The Balaban J connectivity index is 1.99. The van der Waals surface area contributed by atoms with Gasteiger partial charge in [0.15, 0.2) is 17.4 Å². The van der Waals surface area contributed by atoms with Gasteiger partial charge in [0.05, 0.1) is 17.5 Å². The van der Waals surface area contributed by atoms with Crippen molar-refractivity contribution in [1.29, 1.82) is 0 Å². The van der Waals surface area contributed by atoms with Crippen LogP contribution >= 0.6 is 0 Å². The second kappa shape index (κ2) is 8.39. The standard InChI is InChI=1S/C22H16F2N2O5/c1-2-29-22(28)14-11-26(17-8-9-31-25-17)16-10-15(23)19(24)21(18(16)20(14)27)30-12-13-6-4-3-5-7-13/h3-11H,2,12H2,1H3. The Morgan fingerprint density at radius 2 is 1.97 bits per heavy atom. The molecular weight excluding hydrogens is 410 g/mol. The van der Waals surface area contributed by atoms with Crippen LogP contribution in [0.3, 0.4) is 0 Å². The second-order valence-corrected chi connectivity index (χ2v) is 6.49. The zero-order valence-electron chi connectivity index (χ0n) is 16.3. The summed E-state index contributed by atoms with van der Waals surface area (Å²) < 4.78 is 45.8. The van der Waals surface area contributed by atoms with Gasteiger partial charge in [-0.2, -0.15) is 4.39 Å². The van der Waals surface area contributed by atoms with Crippen molar-refractivity contribution in [3.63, 3.8) is 0 Å². The number of carbonyl (C=O) groups is 1. The van der Waals surface area contributed by atoms with Crippen LogP contribution in [-0.2, 0) is 11.3 Å². The van der Waals surface area contributed by atoms with Gasteiger partial charge in [-0.25, -0.2) is 9.18 Å². The van der Waals surface area contributed by atoms with Gasteiger partial charge in [-0.3, -0.25) is 9.36 Å². The number of hydrogen-bond donors (Lipinski definition) is 0. The van der Waals surface area contributed by atoms with Gasteiger partial charge in [-0.1, -0.05) is 35.5 Å². The molecule has 0 bridgehead atoms. The molecule has 0 atom stereocenters. The number of ether oxygens (including phenoxy) is 2. The molecular formula is C22H16F2N2O5. The summed E-state index contributed by atoms with van der Waals surface area (Å²) in [6.45, 7) is 1.48. The molecule has 0 aliphatic carbocycles. The van der Waals surface area contributed by atoms with Crippen LogP contribution < -0.4 is 10.2 Å². The number of nitrogens with zero attached hydrogens (tertiary/aromatic N) is 2. The number of benzene rings is 2. The summed E-state index contributed by atoms with van der Waals surface area (Å²) in [6, 6.07) is 11.1. The molecule has 0 amide bonds. The Morgan fingerprint density at radius 1 is 1.19 bits per heavy atom. The van der Waals surface area contributed by atoms with Gasteiger partial charge in [-0.05, 0) is 12.5 Å². The first-order valence-electron chi connectivity index (χ1n) is 9.33. The fourth-order valence-corrected chi connectivity index (χ4v) is 3.13. The highest BCUT2D eigenvalue weighted by Crippen LogP contribution is 2.31. The highest BCUT2D eigenvalue weighted by atomic mass is 19.2. The topological polar surface area (TPSA) is 83.6 Å². The first-order chi connectivity index (χ1) is 15.0. The van der Waals surface area contributed by atoms with Crippen molar-refractivity contribution in [1.82, 2.24) is 9.72 Å². The van der Waals surface area contributed by atoms with Crippen molar-refractivity contribution in [3.8, 4) is 11.6 Å². The minimum absolute atomic E-state index is 0.0232. The first-order valence-corrected chi connectivity index (χ1v) is 9.33. The van der Waals surface area contributed by atoms with Crippen LogP contribution in [0.4, 0.5) is 8.78 Å². The van der Waals surface area contributed by atoms with E-state index in [9.17, 15) is 18.4 Å². The minimum atomic E-state index is -1.34. The lowest BCUT2D eigenvalue weighted by molar-refractivity contribution is 0.0524. The Labute approximate surface area is 174 Å². The molecule has 0 saturated heterocycles. The minimum Gasteiger partial charge on any atom is -0.485 e. The van der Waals surface area contributed by atoms with Gasteiger partial charge in [0, 0.05) is 18.3 Å². The quantitative estimate of drug-likeness (QED) is 0.433. The monoisotopic (exact) mass is 426 g/mol. The predicted octanol–water partition coefficient (Wildman–Crippen LogP) is 4.01. The van der Waals surface area contributed by atoms with Gasteiger partial charge in [0.1, 0.15) is 18.4 Å². The third-order valence-electron chi connectivity index (χ3n) is 4.54. The van der Waals surface area contributed by atoms with Crippen LogP contribution in [0.15, 0.2) is 64.2 Å². The number of pyridine rings is 1. The molecule has 31 heavy (non-hydrogen) atoms. The van der Waals surface area contributed by atoms with Gasteiger partial charge >= 0.3 is 5.97 Å². The molecule has 2 aromatic carbocycles. The van der Waals surface area contributed by atoms with Crippen molar-refractivity contribution in [2.75, 3.05) is 6.61 Å². The molecule has 2 heterocycles. The molecule has 2 aromatic heterocycles. The van der Waals surface area contributed by atoms with E-state index < -0.39 is 28.8 Å². The summed E-state index contributed by atoms with van der Waals surface area (Å²) in [7, 11) is 0. The Bertz CT molecular complexity index is 1300. The number of fused-ring (bicyclic) bond motifs is 1. The Kier molecular flexibility index (Phi) is 5.48. The van der Waals surface area contributed by atoms with Crippen LogP contribution in [-0.4, -0.2) is 22.3 Å². The molecule has 0 aliphatic rings. The maximum absolute atomic E-state index is 14.8. The predicted molar refractivity (Wildman–Crippen MR) is 106 cm³/mol. The summed E-state index contributed by atoms with van der Waals surface area (Å²) in [5.41, 5.74) is -0.602. The summed E-state index contributed by atoms with van der Waals surface area (Å²) in [5.74, 6) is -3.93. The highest BCUT2D eigenvalue weighted by Gasteiger charge is 2.25. The third kappa shape index (κ3) is 3.77. The van der Waals surface area contributed by atoms with Crippen LogP contribution in [0.25, 0.3) is 16.7 Å². The van der Waals surface area contributed by atoms with E-state index in [0.717, 1.165) is 12.3 Å². The van der Waals surface area contributed by atoms with Crippen LogP contribution in [0.2, 0.25) is 0 Å². The van der Waals surface area contributed by atoms with E-state index in [1.165, 1.54) is 16.9 Å². The average molecular weight is 426 g/mol. The second-order valence-electron chi connectivity index (χ2n) is 6.49. The zero-order chi connectivity index (χ0) is 22.0. The van der Waals surface area contributed by atoms with Gasteiger partial charge in [0.25, 0.3) is 0 Å². The maximum atomic E-state index is 14.8. The smallest absolute Gasteiger partial charge is 0.343 e. The normalized spacial score (nSPS) is 10.9. The summed E-state index contributed by atoms with van der Waals surface area (Å²) >= 11 is 0. The van der Waals surface area contributed by atoms with E-state index in [2.05, 4.69) is 5.16 Å². The van der Waals surface area contributed by atoms with Crippen molar-refractivity contribution < 1.29 is 27.6 Å². The van der Waals surface area contributed by atoms with Crippen molar-refractivity contribution in [3.05, 3.63) is 87.9 Å². The molecule has 0 radical (unpaired) electrons. The average Bonchev–Trinajstić information content (AvgIpc) is 3.30. The maximum Gasteiger partial charge on any atom is 0.343 e. The van der Waals surface area contributed by atoms with Gasteiger partial charge in [0.2, 0.25) is 11.2 Å². The van der Waals surface area contributed by atoms with Crippen molar-refractivity contribution in [2.45, 2.75) is 13.5 Å². The third-order valence-corrected chi connectivity index (χ3v) is 4.54. The van der Waals surface area contributed by atoms with E-state index in [4.69, 9.17) is 14.0 Å². The Hall–Kier alpha value is -4.01. The number of hydrogen-bond acceptors (Lipinski definition) is 6. The van der Waals surface area contributed by atoms with E-state index in [0.29, 0.717) is 5.56 Å². The molecule has 9 heteroatoms. The number of aromatic nitrogens is 2. The van der Waals surface area contributed by atoms with Crippen LogP contribution in [0.1, 0.15) is 22.8 Å². The fourth-order valence-electron chi connectivity index (χ4n) is 3.13. The SMILES string of the molecule is CCOC(=O)c1cn(-c2ccon2)c2cc(F)c(F)c(OCc3ccccc3)c2c1=O. The van der Waals surface area contributed by atoms with Gasteiger partial charge in [-0.15, -0.1) is 0 Å². The van der Waals surface area contributed by atoms with E-state index >= 15 is 0 Å². The molecule has 0 fully saturated rings. The molecule has 0 saturated carbocycles. The molecule has 4 aromatic rings. The van der Waals surface area contributed by atoms with Crippen LogP contribution in [0, 0.1) is 11.6 Å². The molecule has 158 valence electrons. The molecule has 0 aliphatic heterocycles. The zero-order valence-corrected chi connectivity index (χ0v) is 16.3. The number of esters is 1. The fraction of sp³-hybridized carbons (Fsp3) is 0.136. The lowest BCUT2D eigenvalue weighted by Crippen LogP contribution is -2.22. The van der Waals surface area contributed by atoms with E-state index in [1.54, 1.807) is 37.3 Å². The van der Waals surface area contributed by atoms with E-state index in [-0.39, 0.29) is 35.5 Å². The summed E-state index contributed by atoms with van der Waals surface area (Å²) in [5, 5.41) is 3.45. The summed E-state index contributed by atoms with van der Waals surface area (Å²) in [6.07, 6.45) is 2.41. The molecule has 7 nitrogen and oxygen atoms in total. The summed E-state index contributed by atoms with van der Waals surface area (Å²) in [4.78, 5) is 25.5. The number of rotatable bonds is 6. The Morgan fingerprint density at radius 3 is 2.65 bits per heavy atom. The number of carbonyl (C=O) groups excluding carboxylic acids is 1. The molecule has 0 unspecified atom stereocenters. The molecule has 0 spiro atoms.